The minimum absolute atomic E-state index is 0.623. The van der Waals surface area contributed by atoms with Crippen LogP contribution in [0.1, 0.15) is 0 Å². The minimum atomic E-state index is 0.623. The van der Waals surface area contributed by atoms with Crippen molar-refractivity contribution in [3.63, 3.8) is 0 Å². The van der Waals surface area contributed by atoms with E-state index in [1.807, 2.05) is 42.5 Å². The maximum absolute atomic E-state index is 6.27. The molecule has 0 spiro atoms. The predicted molar refractivity (Wildman–Crippen MR) is 176 cm³/mol. The maximum atomic E-state index is 6.27. The van der Waals surface area contributed by atoms with Gasteiger partial charge in [-0.1, -0.05) is 103 Å². The number of rotatable bonds is 3. The van der Waals surface area contributed by atoms with Crippen molar-refractivity contribution in [1.82, 2.24) is 15.0 Å². The number of benzene rings is 7. The van der Waals surface area contributed by atoms with E-state index in [0.717, 1.165) is 54.8 Å². The zero-order valence-corrected chi connectivity index (χ0v) is 23.0. The minimum Gasteiger partial charge on any atom is -0.456 e. The highest BCUT2D eigenvalue weighted by molar-refractivity contribution is 6.13. The van der Waals surface area contributed by atoms with E-state index in [2.05, 4.69) is 97.1 Å². The first kappa shape index (κ1) is 23.8. The van der Waals surface area contributed by atoms with E-state index in [1.165, 1.54) is 16.2 Å². The molecule has 9 rings (SSSR count). The molecule has 0 saturated heterocycles. The summed E-state index contributed by atoms with van der Waals surface area (Å²) < 4.78 is 6.27. The Morgan fingerprint density at radius 2 is 0.953 bits per heavy atom. The van der Waals surface area contributed by atoms with E-state index in [9.17, 15) is 0 Å². The van der Waals surface area contributed by atoms with Crippen LogP contribution in [0.15, 0.2) is 144 Å². The smallest absolute Gasteiger partial charge is 0.164 e. The monoisotopic (exact) mass is 549 g/mol. The fourth-order valence-corrected chi connectivity index (χ4v) is 6.18. The molecule has 4 nitrogen and oxygen atoms in total. The van der Waals surface area contributed by atoms with Gasteiger partial charge in [0.2, 0.25) is 0 Å². The van der Waals surface area contributed by atoms with Crippen LogP contribution in [0, 0.1) is 0 Å². The van der Waals surface area contributed by atoms with Gasteiger partial charge < -0.3 is 4.42 Å². The van der Waals surface area contributed by atoms with Crippen molar-refractivity contribution in [2.24, 2.45) is 0 Å². The Bertz CT molecular complexity index is 2510. The van der Waals surface area contributed by atoms with Gasteiger partial charge in [-0.2, -0.15) is 0 Å². The second-order valence-electron chi connectivity index (χ2n) is 10.9. The molecule has 0 radical (unpaired) electrons. The van der Waals surface area contributed by atoms with Crippen molar-refractivity contribution in [1.29, 1.82) is 0 Å². The van der Waals surface area contributed by atoms with Crippen LogP contribution in [-0.4, -0.2) is 15.0 Å². The van der Waals surface area contributed by atoms with Crippen molar-refractivity contribution in [3.8, 4) is 34.2 Å². The zero-order chi connectivity index (χ0) is 28.3. The van der Waals surface area contributed by atoms with Gasteiger partial charge >= 0.3 is 0 Å². The molecular weight excluding hydrogens is 526 g/mol. The lowest BCUT2D eigenvalue weighted by Crippen LogP contribution is -2.00. The topological polar surface area (TPSA) is 51.8 Å². The molecule has 0 fully saturated rings. The Balaban J connectivity index is 1.30. The standard InChI is InChI=1S/C39H23N3O/c1-2-10-24(11-3-1)37-40-38(28-18-19-35-32(22-28)33-20-25-12-4-5-13-26(25)23-36(33)43-35)42-39(41-37)34-21-27-14-6-7-15-29(27)30-16-8-9-17-31(30)34/h1-23H. The molecule has 43 heavy (non-hydrogen) atoms. The second kappa shape index (κ2) is 9.33. The average Bonchev–Trinajstić information content (AvgIpc) is 3.43. The van der Waals surface area contributed by atoms with Crippen LogP contribution in [0.3, 0.4) is 0 Å². The first-order valence-electron chi connectivity index (χ1n) is 14.4. The Hall–Kier alpha value is -5.87. The van der Waals surface area contributed by atoms with Crippen LogP contribution in [0.5, 0.6) is 0 Å². The predicted octanol–water partition coefficient (Wildman–Crippen LogP) is 10.2. The summed E-state index contributed by atoms with van der Waals surface area (Å²) in [7, 11) is 0. The normalized spacial score (nSPS) is 11.7. The molecule has 7 aromatic carbocycles. The van der Waals surface area contributed by atoms with Gasteiger partial charge in [0, 0.05) is 27.5 Å². The highest BCUT2D eigenvalue weighted by Gasteiger charge is 2.17. The van der Waals surface area contributed by atoms with Gasteiger partial charge in [0.15, 0.2) is 17.5 Å². The van der Waals surface area contributed by atoms with E-state index >= 15 is 0 Å². The first-order valence-corrected chi connectivity index (χ1v) is 14.4. The van der Waals surface area contributed by atoms with Crippen LogP contribution in [0.25, 0.3) is 88.4 Å². The average molecular weight is 550 g/mol. The van der Waals surface area contributed by atoms with Gasteiger partial charge in [-0.3, -0.25) is 0 Å². The maximum Gasteiger partial charge on any atom is 0.164 e. The third-order valence-electron chi connectivity index (χ3n) is 8.27. The second-order valence-corrected chi connectivity index (χ2v) is 10.9. The molecule has 4 heteroatoms. The summed E-state index contributed by atoms with van der Waals surface area (Å²) in [5.74, 6) is 1.91. The van der Waals surface area contributed by atoms with Crippen molar-refractivity contribution >= 4 is 54.3 Å². The summed E-state index contributed by atoms with van der Waals surface area (Å²) in [5.41, 5.74) is 4.55. The quantitative estimate of drug-likeness (QED) is 0.206. The summed E-state index contributed by atoms with van der Waals surface area (Å²) in [6.07, 6.45) is 0. The van der Waals surface area contributed by atoms with Crippen molar-refractivity contribution in [2.45, 2.75) is 0 Å². The molecule has 0 aliphatic carbocycles. The number of nitrogens with zero attached hydrogens (tertiary/aromatic N) is 3. The molecule has 2 heterocycles. The fourth-order valence-electron chi connectivity index (χ4n) is 6.18. The van der Waals surface area contributed by atoms with Crippen molar-refractivity contribution < 1.29 is 4.42 Å². The number of fused-ring (bicyclic) bond motifs is 7. The van der Waals surface area contributed by atoms with Gasteiger partial charge in [0.1, 0.15) is 11.2 Å². The largest absolute Gasteiger partial charge is 0.456 e. The summed E-state index contributed by atoms with van der Waals surface area (Å²) in [5, 5.41) is 9.11. The summed E-state index contributed by atoms with van der Waals surface area (Å²) >= 11 is 0. The lowest BCUT2D eigenvalue weighted by atomic mass is 9.97. The molecule has 0 unspecified atom stereocenters. The van der Waals surface area contributed by atoms with Gasteiger partial charge in [-0.25, -0.2) is 15.0 Å². The first-order chi connectivity index (χ1) is 21.3. The van der Waals surface area contributed by atoms with E-state index in [1.54, 1.807) is 0 Å². The molecule has 9 aromatic rings. The van der Waals surface area contributed by atoms with E-state index in [4.69, 9.17) is 19.4 Å². The molecule has 0 N–H and O–H groups in total. The highest BCUT2D eigenvalue weighted by Crippen LogP contribution is 2.37. The van der Waals surface area contributed by atoms with E-state index < -0.39 is 0 Å². The molecule has 0 amide bonds. The van der Waals surface area contributed by atoms with Gasteiger partial charge in [0.05, 0.1) is 0 Å². The van der Waals surface area contributed by atoms with Crippen molar-refractivity contribution in [2.75, 3.05) is 0 Å². The lowest BCUT2D eigenvalue weighted by Gasteiger charge is -2.12. The third-order valence-corrected chi connectivity index (χ3v) is 8.27. The van der Waals surface area contributed by atoms with Crippen LogP contribution in [-0.2, 0) is 0 Å². The van der Waals surface area contributed by atoms with E-state index in [-0.39, 0.29) is 0 Å². The SMILES string of the molecule is c1ccc(-c2nc(-c3ccc4oc5cc6ccccc6cc5c4c3)nc(-c3cc4ccccc4c4ccccc34)n2)cc1. The molecule has 0 aliphatic rings. The Morgan fingerprint density at radius 3 is 1.77 bits per heavy atom. The van der Waals surface area contributed by atoms with Crippen LogP contribution in [0.4, 0.5) is 0 Å². The molecule has 0 aliphatic heterocycles. The van der Waals surface area contributed by atoms with Crippen LogP contribution in [0.2, 0.25) is 0 Å². The zero-order valence-electron chi connectivity index (χ0n) is 23.0. The van der Waals surface area contributed by atoms with Gasteiger partial charge in [0.25, 0.3) is 0 Å². The van der Waals surface area contributed by atoms with Gasteiger partial charge in [-0.15, -0.1) is 0 Å². The van der Waals surface area contributed by atoms with Crippen molar-refractivity contribution in [3.05, 3.63) is 140 Å². The van der Waals surface area contributed by atoms with Crippen LogP contribution >= 0.6 is 0 Å². The molecule has 0 atom stereocenters. The highest BCUT2D eigenvalue weighted by atomic mass is 16.3. The molecule has 200 valence electrons. The molecule has 2 aromatic heterocycles. The van der Waals surface area contributed by atoms with Crippen LogP contribution < -0.4 is 0 Å². The molecule has 0 saturated carbocycles. The Labute approximate surface area is 246 Å². The molecule has 0 bridgehead atoms. The number of hydrogen-bond donors (Lipinski definition) is 0. The Morgan fingerprint density at radius 1 is 0.349 bits per heavy atom. The third kappa shape index (κ3) is 3.88. The fraction of sp³-hybridized carbons (Fsp3) is 0. The number of aromatic nitrogens is 3. The van der Waals surface area contributed by atoms with E-state index in [0.29, 0.717) is 17.5 Å². The number of hydrogen-bond acceptors (Lipinski definition) is 4. The summed E-state index contributed by atoms with van der Waals surface area (Å²) in [4.78, 5) is 15.2. The summed E-state index contributed by atoms with van der Waals surface area (Å²) in [6, 6.07) is 48.1. The lowest BCUT2D eigenvalue weighted by molar-refractivity contribution is 0.669. The Kier molecular flexibility index (Phi) is 5.16. The molecular formula is C39H23N3O. The number of furan rings is 1. The van der Waals surface area contributed by atoms with Gasteiger partial charge in [-0.05, 0) is 68.7 Å². The summed E-state index contributed by atoms with van der Waals surface area (Å²) in [6.45, 7) is 0.